The molecule has 11 heteroatoms. The normalized spacial score (nSPS) is 11.6. The number of methoxy groups -OCH3 is 2. The maximum absolute atomic E-state index is 13.9. The van der Waals surface area contributed by atoms with E-state index in [1.54, 1.807) is 18.2 Å². The van der Waals surface area contributed by atoms with Gasteiger partial charge in [-0.15, -0.1) is 11.3 Å². The fourth-order valence-electron chi connectivity index (χ4n) is 3.46. The summed E-state index contributed by atoms with van der Waals surface area (Å²) in [6.07, 6.45) is 1.22. The molecule has 1 N–H and O–H groups in total. The van der Waals surface area contributed by atoms with Crippen molar-refractivity contribution in [3.05, 3.63) is 60.0 Å². The Hall–Kier alpha value is -3.44. The molecule has 0 aliphatic rings. The zero-order chi connectivity index (χ0) is 23.8. The smallest absolute Gasteiger partial charge is 0.303 e. The quantitative estimate of drug-likeness (QED) is 0.395. The first-order valence-electron chi connectivity index (χ1n) is 9.70. The monoisotopic (exact) mass is 490 g/mol. The minimum Gasteiger partial charge on any atom is -0.481 e. The van der Waals surface area contributed by atoms with Crippen molar-refractivity contribution in [3.8, 4) is 22.2 Å². The fourth-order valence-corrected chi connectivity index (χ4v) is 6.26. The second-order valence-electron chi connectivity index (χ2n) is 7.04. The van der Waals surface area contributed by atoms with Crippen molar-refractivity contribution in [1.29, 1.82) is 0 Å². The zero-order valence-corrected chi connectivity index (χ0v) is 19.2. The summed E-state index contributed by atoms with van der Waals surface area (Å²) >= 11 is 1.03. The van der Waals surface area contributed by atoms with Gasteiger partial charge in [-0.3, -0.25) is 4.79 Å². The van der Waals surface area contributed by atoms with Crippen LogP contribution in [0, 0.1) is 5.82 Å². The second kappa shape index (κ2) is 8.83. The summed E-state index contributed by atoms with van der Waals surface area (Å²) in [5.74, 6) is -0.912. The third-order valence-corrected chi connectivity index (χ3v) is 8.28. The molecule has 0 radical (unpaired) electrons. The van der Waals surface area contributed by atoms with E-state index in [0.29, 0.717) is 27.3 Å². The van der Waals surface area contributed by atoms with E-state index >= 15 is 0 Å². The first kappa shape index (κ1) is 22.7. The highest BCUT2D eigenvalue weighted by molar-refractivity contribution is 7.92. The summed E-state index contributed by atoms with van der Waals surface area (Å²) in [7, 11) is -1.10. The van der Waals surface area contributed by atoms with Crippen molar-refractivity contribution in [3.63, 3.8) is 0 Å². The Morgan fingerprint density at radius 1 is 1.15 bits per heavy atom. The SMILES string of the molecule is COc1ccc(-c2ccc(S(=O)(=O)n3cc(CCC(=O)O)c4cc(F)ccc43)s2)c(OC)n1. The number of ether oxygens (including phenoxy) is 2. The molecule has 0 saturated heterocycles. The third-order valence-electron chi connectivity index (χ3n) is 5.02. The predicted molar refractivity (Wildman–Crippen MR) is 121 cm³/mol. The van der Waals surface area contributed by atoms with E-state index in [1.807, 2.05) is 0 Å². The molecule has 0 bridgehead atoms. The topological polar surface area (TPSA) is 108 Å². The zero-order valence-electron chi connectivity index (χ0n) is 17.6. The van der Waals surface area contributed by atoms with E-state index in [0.717, 1.165) is 15.3 Å². The number of hydrogen-bond donors (Lipinski definition) is 1. The van der Waals surface area contributed by atoms with Gasteiger partial charge in [0.15, 0.2) is 0 Å². The van der Waals surface area contributed by atoms with Crippen LogP contribution in [0.5, 0.6) is 11.8 Å². The van der Waals surface area contributed by atoms with Crippen LogP contribution in [0.2, 0.25) is 0 Å². The number of hydrogen-bond acceptors (Lipinski definition) is 7. The number of benzene rings is 1. The fraction of sp³-hybridized carbons (Fsp3) is 0.182. The molecule has 0 spiro atoms. The maximum Gasteiger partial charge on any atom is 0.303 e. The molecule has 8 nitrogen and oxygen atoms in total. The van der Waals surface area contributed by atoms with Crippen LogP contribution < -0.4 is 9.47 Å². The molecule has 4 rings (SSSR count). The van der Waals surface area contributed by atoms with E-state index in [-0.39, 0.29) is 28.4 Å². The molecule has 172 valence electrons. The van der Waals surface area contributed by atoms with E-state index in [1.165, 1.54) is 44.7 Å². The van der Waals surface area contributed by atoms with Gasteiger partial charge in [0.2, 0.25) is 11.8 Å². The van der Waals surface area contributed by atoms with Gasteiger partial charge in [0.25, 0.3) is 10.0 Å². The predicted octanol–water partition coefficient (Wildman–Crippen LogP) is 4.18. The molecular formula is C22H19FN2O6S2. The number of pyridine rings is 1. The summed E-state index contributed by atoms with van der Waals surface area (Å²) in [5, 5.41) is 9.37. The highest BCUT2D eigenvalue weighted by Gasteiger charge is 2.24. The van der Waals surface area contributed by atoms with Gasteiger partial charge in [-0.2, -0.15) is 13.4 Å². The summed E-state index contributed by atoms with van der Waals surface area (Å²) in [6.45, 7) is 0. The van der Waals surface area contributed by atoms with E-state index in [4.69, 9.17) is 14.6 Å². The summed E-state index contributed by atoms with van der Waals surface area (Å²) < 4.78 is 52.4. The number of carbonyl (C=O) groups is 1. The minimum atomic E-state index is -4.04. The van der Waals surface area contributed by atoms with Gasteiger partial charge in [-0.25, -0.2) is 8.36 Å². The Morgan fingerprint density at radius 3 is 2.64 bits per heavy atom. The van der Waals surface area contributed by atoms with Crippen LogP contribution >= 0.6 is 11.3 Å². The molecule has 3 heterocycles. The number of fused-ring (bicyclic) bond motifs is 1. The number of rotatable bonds is 8. The molecule has 0 fully saturated rings. The lowest BCUT2D eigenvalue weighted by atomic mass is 10.1. The maximum atomic E-state index is 13.9. The molecule has 0 aliphatic carbocycles. The molecule has 0 unspecified atom stereocenters. The number of halogens is 1. The van der Waals surface area contributed by atoms with Crippen LogP contribution in [0.15, 0.2) is 52.9 Å². The van der Waals surface area contributed by atoms with Crippen molar-refractivity contribution in [1.82, 2.24) is 8.96 Å². The van der Waals surface area contributed by atoms with Crippen LogP contribution in [0.3, 0.4) is 0 Å². The Balaban J connectivity index is 1.79. The number of carboxylic acids is 1. The molecule has 33 heavy (non-hydrogen) atoms. The van der Waals surface area contributed by atoms with Gasteiger partial charge >= 0.3 is 5.97 Å². The molecule has 3 aromatic heterocycles. The largest absolute Gasteiger partial charge is 0.481 e. The van der Waals surface area contributed by atoms with Gasteiger partial charge in [0.1, 0.15) is 10.0 Å². The lowest BCUT2D eigenvalue weighted by Crippen LogP contribution is -2.10. The van der Waals surface area contributed by atoms with Crippen LogP contribution in [-0.2, 0) is 21.2 Å². The average molecular weight is 491 g/mol. The lowest BCUT2D eigenvalue weighted by molar-refractivity contribution is -0.136. The molecule has 0 atom stereocenters. The van der Waals surface area contributed by atoms with Gasteiger partial charge in [0.05, 0.1) is 25.3 Å². The first-order valence-corrected chi connectivity index (χ1v) is 12.0. The second-order valence-corrected chi connectivity index (χ2v) is 10.2. The first-order chi connectivity index (χ1) is 15.7. The number of thiophene rings is 1. The standard InChI is InChI=1S/C22H19FN2O6S2/c1-30-19-8-5-15(22(24-19)31-2)18-7-10-21(32-18)33(28,29)25-12-13(3-9-20(26)27)16-11-14(23)4-6-17(16)25/h4-8,10-12H,3,9H2,1-2H3,(H,26,27). The van der Waals surface area contributed by atoms with Gasteiger partial charge in [-0.1, -0.05) is 0 Å². The number of aryl methyl sites for hydroxylation is 1. The average Bonchev–Trinajstić information content (AvgIpc) is 3.43. The number of aromatic nitrogens is 2. The third kappa shape index (κ3) is 4.29. The molecule has 4 aromatic rings. The van der Waals surface area contributed by atoms with E-state index < -0.39 is 21.8 Å². The Labute approximate surface area is 192 Å². The molecule has 0 amide bonds. The van der Waals surface area contributed by atoms with Crippen molar-refractivity contribution < 1.29 is 32.2 Å². The molecule has 1 aromatic carbocycles. The Morgan fingerprint density at radius 2 is 1.94 bits per heavy atom. The number of carboxylic acid groups (broad SMARTS) is 1. The Bertz CT molecular complexity index is 1460. The van der Waals surface area contributed by atoms with Crippen molar-refractivity contribution in [2.45, 2.75) is 17.1 Å². The van der Waals surface area contributed by atoms with Gasteiger partial charge < -0.3 is 14.6 Å². The van der Waals surface area contributed by atoms with Crippen molar-refractivity contribution in [2.75, 3.05) is 14.2 Å². The molecule has 0 saturated carbocycles. The van der Waals surface area contributed by atoms with Crippen molar-refractivity contribution >= 4 is 38.2 Å². The highest BCUT2D eigenvalue weighted by atomic mass is 32.2. The summed E-state index contributed by atoms with van der Waals surface area (Å²) in [5.41, 5.74) is 1.31. The summed E-state index contributed by atoms with van der Waals surface area (Å²) in [6, 6.07) is 10.3. The lowest BCUT2D eigenvalue weighted by Gasteiger charge is -2.07. The molecular weight excluding hydrogens is 471 g/mol. The van der Waals surface area contributed by atoms with Crippen LogP contribution in [0.1, 0.15) is 12.0 Å². The minimum absolute atomic E-state index is 0.0568. The highest BCUT2D eigenvalue weighted by Crippen LogP contribution is 2.38. The van der Waals surface area contributed by atoms with Crippen molar-refractivity contribution in [2.24, 2.45) is 0 Å². The number of nitrogens with zero attached hydrogens (tertiary/aromatic N) is 2. The van der Waals surface area contributed by atoms with Crippen LogP contribution in [0.4, 0.5) is 4.39 Å². The summed E-state index contributed by atoms with van der Waals surface area (Å²) in [4.78, 5) is 15.9. The van der Waals surface area contributed by atoms with E-state index in [9.17, 15) is 17.6 Å². The Kier molecular flexibility index (Phi) is 6.09. The van der Waals surface area contributed by atoms with Gasteiger partial charge in [-0.05, 0) is 48.4 Å². The number of aliphatic carboxylic acids is 1. The van der Waals surface area contributed by atoms with Crippen LogP contribution in [0.25, 0.3) is 21.3 Å². The van der Waals surface area contributed by atoms with Gasteiger partial charge in [0, 0.05) is 28.9 Å². The molecule has 0 aliphatic heterocycles. The van der Waals surface area contributed by atoms with E-state index in [2.05, 4.69) is 4.98 Å². The van der Waals surface area contributed by atoms with Crippen LogP contribution in [-0.4, -0.2) is 42.7 Å².